The monoisotopic (exact) mass is 380 g/mol. The zero-order valence-corrected chi connectivity index (χ0v) is 16.5. The second-order valence-corrected chi connectivity index (χ2v) is 7.54. The number of hydrogen-bond donors (Lipinski definition) is 0. The molecule has 1 aromatic heterocycles. The third kappa shape index (κ3) is 4.27. The normalized spacial score (nSPS) is 15.2. The maximum Gasteiger partial charge on any atom is 0.0594 e. The molecule has 4 heteroatoms. The number of hydrogen-bond acceptors (Lipinski definition) is 2. The maximum absolute atomic E-state index is 6.11. The van der Waals surface area contributed by atoms with Gasteiger partial charge in [-0.1, -0.05) is 54.1 Å². The van der Waals surface area contributed by atoms with E-state index in [1.807, 2.05) is 12.1 Å². The van der Waals surface area contributed by atoms with Crippen molar-refractivity contribution >= 4 is 11.6 Å². The van der Waals surface area contributed by atoms with Crippen LogP contribution >= 0.6 is 11.6 Å². The van der Waals surface area contributed by atoms with Gasteiger partial charge in [0, 0.05) is 42.6 Å². The number of aromatic nitrogens is 1. The lowest BCUT2D eigenvalue weighted by atomic mass is 10.1. The molecule has 3 nitrogen and oxygen atoms in total. The number of rotatable bonds is 5. The average Bonchev–Trinajstić information content (AvgIpc) is 3.00. The van der Waals surface area contributed by atoms with Crippen LogP contribution in [0.4, 0.5) is 0 Å². The Labute approximate surface area is 166 Å². The minimum absolute atomic E-state index is 0.769. The Morgan fingerprint density at radius 3 is 2.33 bits per heavy atom. The molecule has 2 heterocycles. The third-order valence-electron chi connectivity index (χ3n) is 5.29. The van der Waals surface area contributed by atoms with E-state index >= 15 is 0 Å². The first-order valence-corrected chi connectivity index (χ1v) is 9.87. The minimum atomic E-state index is 0.769. The molecule has 1 fully saturated rings. The molecule has 4 rings (SSSR count). The van der Waals surface area contributed by atoms with E-state index < -0.39 is 0 Å². The summed E-state index contributed by atoms with van der Waals surface area (Å²) in [6, 6.07) is 21.1. The van der Waals surface area contributed by atoms with Gasteiger partial charge in [-0.05, 0) is 41.8 Å². The van der Waals surface area contributed by atoms with E-state index in [-0.39, 0.29) is 0 Å². The molecule has 3 aromatic rings. The molecule has 0 radical (unpaired) electrons. The van der Waals surface area contributed by atoms with Crippen LogP contribution in [0.2, 0.25) is 5.02 Å². The number of nitrogens with zero attached hydrogens (tertiary/aromatic N) is 2. The van der Waals surface area contributed by atoms with Crippen LogP contribution in [0, 0.1) is 6.92 Å². The fourth-order valence-electron chi connectivity index (χ4n) is 3.69. The molecule has 2 aromatic carbocycles. The van der Waals surface area contributed by atoms with E-state index in [1.165, 1.54) is 28.1 Å². The van der Waals surface area contributed by atoms with Gasteiger partial charge >= 0.3 is 0 Å². The summed E-state index contributed by atoms with van der Waals surface area (Å²) in [4.78, 5) is 2.48. The highest BCUT2D eigenvalue weighted by molar-refractivity contribution is 6.30. The van der Waals surface area contributed by atoms with Gasteiger partial charge in [-0.25, -0.2) is 0 Å². The van der Waals surface area contributed by atoms with Gasteiger partial charge in [0.25, 0.3) is 0 Å². The summed E-state index contributed by atoms with van der Waals surface area (Å²) in [5, 5.41) is 0.769. The van der Waals surface area contributed by atoms with Crippen LogP contribution in [-0.2, 0) is 17.8 Å². The molecule has 0 aliphatic carbocycles. The maximum atomic E-state index is 6.11. The van der Waals surface area contributed by atoms with Gasteiger partial charge < -0.3 is 9.30 Å². The fraction of sp³-hybridized carbons (Fsp3) is 0.304. The molecule has 0 saturated carbocycles. The molecular weight excluding hydrogens is 356 g/mol. The quantitative estimate of drug-likeness (QED) is 0.619. The molecule has 0 spiro atoms. The lowest BCUT2D eigenvalue weighted by molar-refractivity contribution is 0.0341. The summed E-state index contributed by atoms with van der Waals surface area (Å²) >= 11 is 6.11. The van der Waals surface area contributed by atoms with Crippen molar-refractivity contribution in [3.8, 4) is 11.3 Å². The van der Waals surface area contributed by atoms with Gasteiger partial charge in [0.1, 0.15) is 0 Å². The van der Waals surface area contributed by atoms with Crippen LogP contribution in [0.15, 0.2) is 60.7 Å². The molecule has 0 unspecified atom stereocenters. The van der Waals surface area contributed by atoms with E-state index in [0.29, 0.717) is 0 Å². The standard InChI is InChI=1S/C23H25ClN2O/c1-18-21(17-25-11-13-27-14-12-25)15-23(20-7-9-22(24)10-8-20)26(18)16-19-5-3-2-4-6-19/h2-10,15H,11-14,16-17H2,1H3. The van der Waals surface area contributed by atoms with Crippen molar-refractivity contribution in [2.24, 2.45) is 0 Å². The Bertz CT molecular complexity index is 881. The first-order valence-electron chi connectivity index (χ1n) is 9.49. The van der Waals surface area contributed by atoms with E-state index in [0.717, 1.165) is 44.4 Å². The van der Waals surface area contributed by atoms with Crippen molar-refractivity contribution in [3.63, 3.8) is 0 Å². The van der Waals surface area contributed by atoms with Crippen molar-refractivity contribution in [1.29, 1.82) is 0 Å². The molecule has 1 saturated heterocycles. The number of morpholine rings is 1. The fourth-order valence-corrected chi connectivity index (χ4v) is 3.82. The summed E-state index contributed by atoms with van der Waals surface area (Å²) in [5.41, 5.74) is 6.47. The predicted molar refractivity (Wildman–Crippen MR) is 111 cm³/mol. The first kappa shape index (κ1) is 18.3. The second-order valence-electron chi connectivity index (χ2n) is 7.11. The van der Waals surface area contributed by atoms with Crippen molar-refractivity contribution < 1.29 is 4.74 Å². The highest BCUT2D eigenvalue weighted by Gasteiger charge is 2.17. The van der Waals surface area contributed by atoms with E-state index in [9.17, 15) is 0 Å². The van der Waals surface area contributed by atoms with Crippen molar-refractivity contribution in [2.75, 3.05) is 26.3 Å². The molecule has 1 aliphatic heterocycles. The van der Waals surface area contributed by atoms with Gasteiger partial charge in [-0.2, -0.15) is 0 Å². The Kier molecular flexibility index (Phi) is 5.63. The second kappa shape index (κ2) is 8.30. The molecule has 1 aliphatic rings. The smallest absolute Gasteiger partial charge is 0.0594 e. The van der Waals surface area contributed by atoms with E-state index in [4.69, 9.17) is 16.3 Å². The van der Waals surface area contributed by atoms with E-state index in [1.54, 1.807) is 0 Å². The molecule has 27 heavy (non-hydrogen) atoms. The number of halogens is 1. The average molecular weight is 381 g/mol. The van der Waals surface area contributed by atoms with Crippen LogP contribution in [0.1, 0.15) is 16.8 Å². The van der Waals surface area contributed by atoms with E-state index in [2.05, 4.69) is 64.9 Å². The van der Waals surface area contributed by atoms with Crippen LogP contribution in [0.5, 0.6) is 0 Å². The van der Waals surface area contributed by atoms with Crippen LogP contribution < -0.4 is 0 Å². The molecule has 0 bridgehead atoms. The molecule has 140 valence electrons. The summed E-state index contributed by atoms with van der Waals surface area (Å²) < 4.78 is 7.92. The summed E-state index contributed by atoms with van der Waals surface area (Å²) in [7, 11) is 0. The minimum Gasteiger partial charge on any atom is -0.379 e. The lowest BCUT2D eigenvalue weighted by Crippen LogP contribution is -2.35. The van der Waals surface area contributed by atoms with Crippen molar-refractivity contribution in [2.45, 2.75) is 20.0 Å². The van der Waals surface area contributed by atoms with Gasteiger partial charge in [0.05, 0.1) is 13.2 Å². The van der Waals surface area contributed by atoms with Crippen LogP contribution in [0.25, 0.3) is 11.3 Å². The zero-order valence-electron chi connectivity index (χ0n) is 15.7. The third-order valence-corrected chi connectivity index (χ3v) is 5.54. The first-order chi connectivity index (χ1) is 13.2. The highest BCUT2D eigenvalue weighted by Crippen LogP contribution is 2.29. The predicted octanol–water partition coefficient (Wildman–Crippen LogP) is 5.00. The van der Waals surface area contributed by atoms with Crippen LogP contribution in [0.3, 0.4) is 0 Å². The van der Waals surface area contributed by atoms with Gasteiger partial charge in [0.2, 0.25) is 0 Å². The molecule has 0 atom stereocenters. The van der Waals surface area contributed by atoms with Crippen LogP contribution in [-0.4, -0.2) is 35.8 Å². The summed E-state index contributed by atoms with van der Waals surface area (Å²) in [6.45, 7) is 7.73. The highest BCUT2D eigenvalue weighted by atomic mass is 35.5. The zero-order chi connectivity index (χ0) is 18.6. The van der Waals surface area contributed by atoms with Gasteiger partial charge in [-0.15, -0.1) is 0 Å². The molecular formula is C23H25ClN2O. The van der Waals surface area contributed by atoms with Crippen molar-refractivity contribution in [1.82, 2.24) is 9.47 Å². The van der Waals surface area contributed by atoms with Gasteiger partial charge in [0.15, 0.2) is 0 Å². The lowest BCUT2D eigenvalue weighted by Gasteiger charge is -2.26. The number of ether oxygens (including phenoxy) is 1. The SMILES string of the molecule is Cc1c(CN2CCOCC2)cc(-c2ccc(Cl)cc2)n1Cc1ccccc1. The topological polar surface area (TPSA) is 17.4 Å². The Morgan fingerprint density at radius 1 is 0.926 bits per heavy atom. The Hall–Kier alpha value is -2.07. The largest absolute Gasteiger partial charge is 0.379 e. The number of benzene rings is 2. The summed E-state index contributed by atoms with van der Waals surface area (Å²) in [5.74, 6) is 0. The Morgan fingerprint density at radius 2 is 1.63 bits per heavy atom. The summed E-state index contributed by atoms with van der Waals surface area (Å²) in [6.07, 6.45) is 0. The van der Waals surface area contributed by atoms with Crippen molar-refractivity contribution in [3.05, 3.63) is 82.5 Å². The Balaban J connectivity index is 1.70. The van der Waals surface area contributed by atoms with Gasteiger partial charge in [-0.3, -0.25) is 4.90 Å². The molecule has 0 N–H and O–H groups in total. The molecule has 0 amide bonds.